The van der Waals surface area contributed by atoms with E-state index in [0.717, 1.165) is 24.2 Å². The molecule has 1 atom stereocenters. The Morgan fingerprint density at radius 2 is 1.60 bits per heavy atom. The van der Waals surface area contributed by atoms with Gasteiger partial charge in [0.15, 0.2) is 5.69 Å². The summed E-state index contributed by atoms with van der Waals surface area (Å²) in [6.07, 6.45) is 0. The number of hydrogen-bond acceptors (Lipinski definition) is 5. The molecule has 1 fully saturated rings. The van der Waals surface area contributed by atoms with E-state index in [1.807, 2.05) is 31.2 Å². The fraction of sp³-hybridized carbons (Fsp3) is 0.250. The van der Waals surface area contributed by atoms with Crippen LogP contribution in [-0.2, 0) is 4.74 Å². The summed E-state index contributed by atoms with van der Waals surface area (Å²) in [5.74, 6) is -0.315. The van der Waals surface area contributed by atoms with Crippen LogP contribution in [0.5, 0.6) is 0 Å². The third-order valence-corrected chi connectivity index (χ3v) is 6.35. The van der Waals surface area contributed by atoms with Crippen LogP contribution < -0.4 is 10.9 Å². The molecule has 7 nitrogen and oxygen atoms in total. The van der Waals surface area contributed by atoms with Crippen LogP contribution in [0, 0.1) is 6.92 Å². The molecule has 1 N–H and O–H groups in total. The number of fused-ring (bicyclic) bond motifs is 1. The predicted octanol–water partition coefficient (Wildman–Crippen LogP) is 3.50. The highest BCUT2D eigenvalue weighted by molar-refractivity contribution is 6.05. The molecule has 1 amide bonds. The van der Waals surface area contributed by atoms with Crippen LogP contribution in [0.4, 0.5) is 0 Å². The molecule has 4 aromatic rings. The van der Waals surface area contributed by atoms with E-state index < -0.39 is 0 Å². The standard InChI is InChI=1S/C28H28N4O3/c1-20-11-13-21(14-12-20)25(19-31-15-17-35-18-16-31)29-27(33)26-23-9-5-6-10-24(23)28(34)32(30-26)22-7-3-2-4-8-22/h2-14,25H,15-19H2,1H3,(H,29,33)/t25-/m1/s1. The van der Waals surface area contributed by atoms with Crippen molar-refractivity contribution in [1.82, 2.24) is 20.0 Å². The maximum Gasteiger partial charge on any atom is 0.279 e. The molecule has 1 aliphatic heterocycles. The number of hydrogen-bond donors (Lipinski definition) is 1. The summed E-state index contributed by atoms with van der Waals surface area (Å²) in [7, 11) is 0. The van der Waals surface area contributed by atoms with Crippen molar-refractivity contribution in [1.29, 1.82) is 0 Å². The maximum absolute atomic E-state index is 13.7. The van der Waals surface area contributed by atoms with Crippen LogP contribution in [0.15, 0.2) is 83.7 Å². The van der Waals surface area contributed by atoms with Gasteiger partial charge in [0.2, 0.25) is 0 Å². The first kappa shape index (κ1) is 23.0. The van der Waals surface area contributed by atoms with Crippen LogP contribution in [0.1, 0.15) is 27.7 Å². The van der Waals surface area contributed by atoms with Crippen LogP contribution in [-0.4, -0.2) is 53.4 Å². The zero-order chi connectivity index (χ0) is 24.2. The third kappa shape index (κ3) is 5.01. The smallest absolute Gasteiger partial charge is 0.279 e. The summed E-state index contributed by atoms with van der Waals surface area (Å²) < 4.78 is 6.80. The Morgan fingerprint density at radius 3 is 2.31 bits per heavy atom. The van der Waals surface area contributed by atoms with Crippen molar-refractivity contribution < 1.29 is 9.53 Å². The highest BCUT2D eigenvalue weighted by atomic mass is 16.5. The molecule has 0 radical (unpaired) electrons. The summed E-state index contributed by atoms with van der Waals surface area (Å²) in [4.78, 5) is 29.2. The summed E-state index contributed by atoms with van der Waals surface area (Å²) in [5.41, 5.74) is 2.76. The van der Waals surface area contributed by atoms with Crippen molar-refractivity contribution in [3.8, 4) is 5.69 Å². The molecule has 178 valence electrons. The van der Waals surface area contributed by atoms with Gasteiger partial charge in [0.05, 0.1) is 30.3 Å². The number of nitrogens with zero attached hydrogens (tertiary/aromatic N) is 3. The number of amides is 1. The van der Waals surface area contributed by atoms with Crippen molar-refractivity contribution in [2.45, 2.75) is 13.0 Å². The van der Waals surface area contributed by atoms with E-state index in [-0.39, 0.29) is 23.2 Å². The Hall–Kier alpha value is -3.81. The normalized spacial score (nSPS) is 15.1. The molecular weight excluding hydrogens is 440 g/mol. The minimum atomic E-state index is -0.315. The lowest BCUT2D eigenvalue weighted by Gasteiger charge is -2.31. The first-order valence-electron chi connectivity index (χ1n) is 11.9. The minimum Gasteiger partial charge on any atom is -0.379 e. The fourth-order valence-corrected chi connectivity index (χ4v) is 4.40. The van der Waals surface area contributed by atoms with E-state index >= 15 is 0 Å². The first-order chi connectivity index (χ1) is 17.1. The molecule has 7 heteroatoms. The molecule has 0 bridgehead atoms. The van der Waals surface area contributed by atoms with E-state index in [0.29, 0.717) is 36.2 Å². The average molecular weight is 469 g/mol. The van der Waals surface area contributed by atoms with Crippen molar-refractivity contribution >= 4 is 16.7 Å². The van der Waals surface area contributed by atoms with Crippen LogP contribution in [0.3, 0.4) is 0 Å². The van der Waals surface area contributed by atoms with Crippen molar-refractivity contribution in [2.24, 2.45) is 0 Å². The lowest BCUT2D eigenvalue weighted by molar-refractivity contribution is 0.0332. The summed E-state index contributed by atoms with van der Waals surface area (Å²) >= 11 is 0. The van der Waals surface area contributed by atoms with Gasteiger partial charge in [-0.05, 0) is 30.7 Å². The first-order valence-corrected chi connectivity index (χ1v) is 11.9. The van der Waals surface area contributed by atoms with Crippen molar-refractivity contribution in [2.75, 3.05) is 32.8 Å². The number of carbonyl (C=O) groups excluding carboxylic acids is 1. The number of ether oxygens (including phenoxy) is 1. The van der Waals surface area contributed by atoms with Gasteiger partial charge in [0.25, 0.3) is 11.5 Å². The number of nitrogens with one attached hydrogen (secondary N) is 1. The molecule has 3 aromatic carbocycles. The number of rotatable bonds is 6. The molecule has 1 saturated heterocycles. The summed E-state index contributed by atoms with van der Waals surface area (Å²) in [6, 6.07) is 24.3. The van der Waals surface area contributed by atoms with Crippen LogP contribution in [0.25, 0.3) is 16.5 Å². The zero-order valence-electron chi connectivity index (χ0n) is 19.7. The number of para-hydroxylation sites is 1. The molecule has 1 aliphatic rings. The fourth-order valence-electron chi connectivity index (χ4n) is 4.40. The van der Waals surface area contributed by atoms with Gasteiger partial charge in [0, 0.05) is 25.0 Å². The quantitative estimate of drug-likeness (QED) is 0.469. The lowest BCUT2D eigenvalue weighted by atomic mass is 10.0. The predicted molar refractivity (Wildman–Crippen MR) is 136 cm³/mol. The second-order valence-corrected chi connectivity index (χ2v) is 8.80. The molecule has 0 spiro atoms. The monoisotopic (exact) mass is 468 g/mol. The highest BCUT2D eigenvalue weighted by Gasteiger charge is 2.24. The Bertz CT molecular complexity index is 1380. The molecule has 5 rings (SSSR count). The van der Waals surface area contributed by atoms with Crippen LogP contribution in [0.2, 0.25) is 0 Å². The molecule has 35 heavy (non-hydrogen) atoms. The van der Waals surface area contributed by atoms with E-state index in [1.54, 1.807) is 30.3 Å². The van der Waals surface area contributed by atoms with Crippen molar-refractivity contribution in [3.05, 3.63) is 106 Å². The van der Waals surface area contributed by atoms with Gasteiger partial charge in [0.1, 0.15) is 0 Å². The van der Waals surface area contributed by atoms with E-state index in [9.17, 15) is 9.59 Å². The molecule has 1 aromatic heterocycles. The van der Waals surface area contributed by atoms with E-state index in [4.69, 9.17) is 4.74 Å². The zero-order valence-corrected chi connectivity index (χ0v) is 19.7. The largest absolute Gasteiger partial charge is 0.379 e. The molecule has 0 unspecified atom stereocenters. The SMILES string of the molecule is Cc1ccc([C@@H](CN2CCOCC2)NC(=O)c2nn(-c3ccccc3)c(=O)c3ccccc23)cc1. The van der Waals surface area contributed by atoms with E-state index in [2.05, 4.69) is 39.6 Å². The summed E-state index contributed by atoms with van der Waals surface area (Å²) in [5, 5.41) is 8.74. The van der Waals surface area contributed by atoms with Gasteiger partial charge in [-0.2, -0.15) is 9.78 Å². The molecular formula is C28H28N4O3. The highest BCUT2D eigenvalue weighted by Crippen LogP contribution is 2.20. The number of aryl methyl sites for hydroxylation is 1. The maximum atomic E-state index is 13.7. The third-order valence-electron chi connectivity index (χ3n) is 6.35. The number of morpholine rings is 1. The number of benzene rings is 3. The van der Waals surface area contributed by atoms with Gasteiger partial charge in [-0.3, -0.25) is 14.5 Å². The summed E-state index contributed by atoms with van der Waals surface area (Å²) in [6.45, 7) is 5.71. The van der Waals surface area contributed by atoms with E-state index in [1.165, 1.54) is 4.68 Å². The molecule has 0 saturated carbocycles. The Balaban J connectivity index is 1.53. The lowest BCUT2D eigenvalue weighted by Crippen LogP contribution is -2.43. The van der Waals surface area contributed by atoms with Gasteiger partial charge in [-0.1, -0.05) is 66.2 Å². The second-order valence-electron chi connectivity index (χ2n) is 8.80. The Kier molecular flexibility index (Phi) is 6.70. The Morgan fingerprint density at radius 1 is 0.943 bits per heavy atom. The van der Waals surface area contributed by atoms with Gasteiger partial charge in [-0.15, -0.1) is 0 Å². The molecule has 2 heterocycles. The Labute approximate surface area is 204 Å². The topological polar surface area (TPSA) is 76.5 Å². The second kappa shape index (κ2) is 10.2. The van der Waals surface area contributed by atoms with Crippen molar-refractivity contribution in [3.63, 3.8) is 0 Å². The number of carbonyl (C=O) groups is 1. The van der Waals surface area contributed by atoms with Gasteiger partial charge in [-0.25, -0.2) is 0 Å². The number of aromatic nitrogens is 2. The van der Waals surface area contributed by atoms with Gasteiger partial charge >= 0.3 is 0 Å². The van der Waals surface area contributed by atoms with Gasteiger partial charge < -0.3 is 10.1 Å². The average Bonchev–Trinajstić information content (AvgIpc) is 2.90. The minimum absolute atomic E-state index is 0.225. The van der Waals surface area contributed by atoms with Crippen LogP contribution >= 0.6 is 0 Å². The molecule has 0 aliphatic carbocycles.